The van der Waals surface area contributed by atoms with Crippen molar-refractivity contribution in [1.29, 1.82) is 0 Å². The summed E-state index contributed by atoms with van der Waals surface area (Å²) in [6, 6.07) is 0. The lowest BCUT2D eigenvalue weighted by Crippen LogP contribution is -3.00. The minimum atomic E-state index is -0.0535. The lowest BCUT2D eigenvalue weighted by molar-refractivity contribution is -0.882. The van der Waals surface area contributed by atoms with Crippen LogP contribution in [0.4, 0.5) is 0 Å². The number of nitrogens with zero attached hydrogens (tertiary/aromatic N) is 1. The van der Waals surface area contributed by atoms with E-state index in [-0.39, 0.29) is 30.8 Å². The molecule has 7 heteroatoms. The van der Waals surface area contributed by atoms with Gasteiger partial charge in [0.2, 0.25) is 5.91 Å². The molecule has 6 nitrogen and oxygen atoms in total. The molecular formula is C27H54ClN3O3. The fourth-order valence-corrected chi connectivity index (χ4v) is 3.90. The Morgan fingerprint density at radius 1 is 0.735 bits per heavy atom. The van der Waals surface area contributed by atoms with Gasteiger partial charge in [-0.25, -0.2) is 0 Å². The maximum absolute atomic E-state index is 12.0. The summed E-state index contributed by atoms with van der Waals surface area (Å²) in [7, 11) is 4.01. The molecule has 0 saturated heterocycles. The number of amides is 2. The van der Waals surface area contributed by atoms with Crippen molar-refractivity contribution in [2.75, 3.05) is 46.9 Å². The molecule has 0 unspecified atom stereocenters. The van der Waals surface area contributed by atoms with Crippen molar-refractivity contribution in [1.82, 2.24) is 10.6 Å². The first kappa shape index (κ1) is 35.1. The van der Waals surface area contributed by atoms with E-state index in [0.29, 0.717) is 30.5 Å². The lowest BCUT2D eigenvalue weighted by Gasteiger charge is -2.29. The predicted molar refractivity (Wildman–Crippen MR) is 139 cm³/mol. The first-order chi connectivity index (χ1) is 15.9. The number of carbonyl (C=O) groups excluding carboxylic acids is 2. The molecule has 0 bridgehead atoms. The van der Waals surface area contributed by atoms with Crippen LogP contribution in [-0.4, -0.2) is 68.3 Å². The van der Waals surface area contributed by atoms with Crippen molar-refractivity contribution < 1.29 is 31.6 Å². The summed E-state index contributed by atoms with van der Waals surface area (Å²) in [6.07, 6.45) is 22.6. The zero-order chi connectivity index (χ0) is 24.6. The maximum Gasteiger partial charge on any atom is 0.275 e. The standard InChI is InChI=1S/C27H53N3O3.ClH/c1-4-5-6-7-8-9-10-11-12-13-14-15-16-17-18-20-26(32)28-21-19-23-30(2,3)25-27(33)29-22-24-31;/h11-12,31H,4-10,13-25H2,1-3H3,(H-,28,29,32,33);1H/b12-11-;. The Kier molecular flexibility index (Phi) is 25.8. The van der Waals surface area contributed by atoms with E-state index in [1.54, 1.807) is 0 Å². The van der Waals surface area contributed by atoms with Crippen molar-refractivity contribution in [3.05, 3.63) is 12.2 Å². The van der Waals surface area contributed by atoms with E-state index in [2.05, 4.69) is 29.7 Å². The normalized spacial score (nSPS) is 11.4. The quantitative estimate of drug-likeness (QED) is 0.113. The van der Waals surface area contributed by atoms with Gasteiger partial charge in [0, 0.05) is 25.9 Å². The van der Waals surface area contributed by atoms with E-state index >= 15 is 0 Å². The molecule has 0 aromatic rings. The van der Waals surface area contributed by atoms with Crippen LogP contribution in [-0.2, 0) is 9.59 Å². The minimum absolute atomic E-state index is 0. The average Bonchev–Trinajstić information content (AvgIpc) is 2.77. The highest BCUT2D eigenvalue weighted by atomic mass is 35.5. The third-order valence-corrected chi connectivity index (χ3v) is 5.93. The molecule has 0 radical (unpaired) electrons. The van der Waals surface area contributed by atoms with Gasteiger partial charge in [-0.15, -0.1) is 0 Å². The zero-order valence-electron chi connectivity index (χ0n) is 22.4. The molecule has 0 aliphatic carbocycles. The second kappa shape index (κ2) is 25.0. The fraction of sp³-hybridized carbons (Fsp3) is 0.852. The number of aliphatic hydroxyl groups is 1. The van der Waals surface area contributed by atoms with Crippen molar-refractivity contribution in [2.24, 2.45) is 0 Å². The maximum atomic E-state index is 12.0. The van der Waals surface area contributed by atoms with Crippen LogP contribution in [0, 0.1) is 0 Å². The minimum Gasteiger partial charge on any atom is -1.00 e. The third kappa shape index (κ3) is 25.5. The highest BCUT2D eigenvalue weighted by molar-refractivity contribution is 5.77. The van der Waals surface area contributed by atoms with E-state index in [1.165, 1.54) is 70.6 Å². The number of likely N-dealkylation sites (N-methyl/N-ethyl adjacent to an activating group) is 1. The molecule has 0 aliphatic rings. The van der Waals surface area contributed by atoms with Gasteiger partial charge in [0.15, 0.2) is 6.54 Å². The van der Waals surface area contributed by atoms with Gasteiger partial charge >= 0.3 is 0 Å². The molecule has 0 fully saturated rings. The van der Waals surface area contributed by atoms with Crippen molar-refractivity contribution in [2.45, 2.75) is 103 Å². The number of hydrogen-bond acceptors (Lipinski definition) is 3. The summed E-state index contributed by atoms with van der Waals surface area (Å²) in [4.78, 5) is 23.8. The van der Waals surface area contributed by atoms with Crippen molar-refractivity contribution in [3.8, 4) is 0 Å². The summed E-state index contributed by atoms with van der Waals surface area (Å²) < 4.78 is 0.571. The molecule has 202 valence electrons. The second-order valence-electron chi connectivity index (χ2n) is 9.93. The lowest BCUT2D eigenvalue weighted by atomic mass is 10.1. The van der Waals surface area contributed by atoms with Gasteiger partial charge in [0.1, 0.15) is 0 Å². The van der Waals surface area contributed by atoms with Gasteiger partial charge in [-0.3, -0.25) is 9.59 Å². The van der Waals surface area contributed by atoms with E-state index in [1.807, 2.05) is 14.1 Å². The van der Waals surface area contributed by atoms with Crippen LogP contribution >= 0.6 is 0 Å². The molecule has 0 aliphatic heterocycles. The van der Waals surface area contributed by atoms with Gasteiger partial charge in [0.25, 0.3) is 5.91 Å². The van der Waals surface area contributed by atoms with Gasteiger partial charge in [-0.2, -0.15) is 0 Å². The number of rotatable bonds is 23. The van der Waals surface area contributed by atoms with Crippen molar-refractivity contribution >= 4 is 11.8 Å². The largest absolute Gasteiger partial charge is 1.00 e. The Bertz CT molecular complexity index is 513. The monoisotopic (exact) mass is 503 g/mol. The number of quaternary nitrogens is 1. The van der Waals surface area contributed by atoms with Crippen LogP contribution in [0.3, 0.4) is 0 Å². The number of carbonyl (C=O) groups is 2. The number of nitrogens with one attached hydrogen (secondary N) is 2. The van der Waals surface area contributed by atoms with E-state index < -0.39 is 0 Å². The van der Waals surface area contributed by atoms with Crippen LogP contribution in [0.2, 0.25) is 0 Å². The second-order valence-corrected chi connectivity index (χ2v) is 9.93. The predicted octanol–water partition coefficient (Wildman–Crippen LogP) is 1.72. The average molecular weight is 504 g/mol. The summed E-state index contributed by atoms with van der Waals surface area (Å²) >= 11 is 0. The fourth-order valence-electron chi connectivity index (χ4n) is 3.90. The highest BCUT2D eigenvalue weighted by Crippen LogP contribution is 2.10. The number of hydrogen-bond donors (Lipinski definition) is 3. The van der Waals surface area contributed by atoms with E-state index in [4.69, 9.17) is 5.11 Å². The first-order valence-corrected chi connectivity index (χ1v) is 13.5. The molecule has 0 saturated carbocycles. The smallest absolute Gasteiger partial charge is 0.275 e. The van der Waals surface area contributed by atoms with Crippen LogP contribution in [0.5, 0.6) is 0 Å². The van der Waals surface area contributed by atoms with E-state index in [9.17, 15) is 9.59 Å². The van der Waals surface area contributed by atoms with Crippen LogP contribution in [0.1, 0.15) is 103 Å². The molecule has 0 rings (SSSR count). The summed E-state index contributed by atoms with van der Waals surface area (Å²) in [6.45, 7) is 4.37. The molecule has 3 N–H and O–H groups in total. The number of unbranched alkanes of at least 4 members (excludes halogenated alkanes) is 11. The molecule has 34 heavy (non-hydrogen) atoms. The van der Waals surface area contributed by atoms with Gasteiger partial charge in [0.05, 0.1) is 27.2 Å². The van der Waals surface area contributed by atoms with Gasteiger partial charge in [-0.05, 0) is 32.1 Å². The molecule has 0 heterocycles. The molecular weight excluding hydrogens is 450 g/mol. The van der Waals surface area contributed by atoms with Crippen LogP contribution < -0.4 is 23.0 Å². The number of aliphatic hydroxyl groups excluding tert-OH is 1. The summed E-state index contributed by atoms with van der Waals surface area (Å²) in [5, 5.41) is 14.4. The first-order valence-electron chi connectivity index (χ1n) is 13.5. The Morgan fingerprint density at radius 3 is 1.85 bits per heavy atom. The summed E-state index contributed by atoms with van der Waals surface area (Å²) in [5.74, 6) is 0.0842. The highest BCUT2D eigenvalue weighted by Gasteiger charge is 2.19. The van der Waals surface area contributed by atoms with Crippen molar-refractivity contribution in [3.63, 3.8) is 0 Å². The molecule has 0 aromatic heterocycles. The van der Waals surface area contributed by atoms with Crippen LogP contribution in [0.15, 0.2) is 12.2 Å². The molecule has 0 aromatic carbocycles. The topological polar surface area (TPSA) is 78.4 Å². The number of allylic oxidation sites excluding steroid dienone is 2. The Hall–Kier alpha value is -1.11. The zero-order valence-corrected chi connectivity index (χ0v) is 23.1. The molecule has 2 amide bonds. The van der Waals surface area contributed by atoms with Crippen LogP contribution in [0.25, 0.3) is 0 Å². The van der Waals surface area contributed by atoms with Gasteiger partial charge < -0.3 is 32.6 Å². The molecule has 0 spiro atoms. The third-order valence-electron chi connectivity index (χ3n) is 5.93. The van der Waals surface area contributed by atoms with E-state index in [0.717, 1.165) is 25.8 Å². The van der Waals surface area contributed by atoms with Gasteiger partial charge in [-0.1, -0.05) is 70.4 Å². The Balaban J connectivity index is 0. The Labute approximate surface area is 216 Å². The number of halogens is 1. The SMILES string of the molecule is CCCCCCCC/C=C\CCCCCCCC(=O)NCCC[N+](C)(C)CC(=O)NCCO.[Cl-]. The Morgan fingerprint density at radius 2 is 1.26 bits per heavy atom. The molecule has 0 atom stereocenters. The summed E-state index contributed by atoms with van der Waals surface area (Å²) in [5.41, 5.74) is 0.